The van der Waals surface area contributed by atoms with Gasteiger partial charge < -0.3 is 10.6 Å². The van der Waals surface area contributed by atoms with E-state index >= 15 is 0 Å². The van der Waals surface area contributed by atoms with Crippen LogP contribution in [-0.4, -0.2) is 21.9 Å². The summed E-state index contributed by atoms with van der Waals surface area (Å²) in [4.78, 5) is 12.8. The van der Waals surface area contributed by atoms with Crippen molar-refractivity contribution in [1.29, 1.82) is 0 Å². The van der Waals surface area contributed by atoms with Gasteiger partial charge in [0.2, 0.25) is 0 Å². The van der Waals surface area contributed by atoms with Gasteiger partial charge in [0.05, 0.1) is 10.5 Å². The van der Waals surface area contributed by atoms with E-state index in [9.17, 15) is 18.0 Å². The summed E-state index contributed by atoms with van der Waals surface area (Å²) < 4.78 is 42.7. The predicted molar refractivity (Wildman–Crippen MR) is 116 cm³/mol. The molecule has 0 spiro atoms. The van der Waals surface area contributed by atoms with Gasteiger partial charge >= 0.3 is 6.18 Å². The van der Waals surface area contributed by atoms with Gasteiger partial charge in [0.15, 0.2) is 11.7 Å². The zero-order valence-corrected chi connectivity index (χ0v) is 18.2. The minimum absolute atomic E-state index is 0.106. The van der Waals surface area contributed by atoms with Crippen LogP contribution in [0.25, 0.3) is 0 Å². The van der Waals surface area contributed by atoms with Crippen molar-refractivity contribution in [2.45, 2.75) is 38.0 Å². The highest BCUT2D eigenvalue weighted by Gasteiger charge is 2.47. The number of nitrogens with zero attached hydrogens (tertiary/aromatic N) is 2. The van der Waals surface area contributed by atoms with Crippen molar-refractivity contribution in [3.63, 3.8) is 0 Å². The second-order valence-corrected chi connectivity index (χ2v) is 8.15. The molecule has 2 heterocycles. The lowest BCUT2D eigenvalue weighted by molar-refractivity contribution is -0.173. The average molecular weight is 493 g/mol. The van der Waals surface area contributed by atoms with Gasteiger partial charge in [0.1, 0.15) is 5.82 Å². The van der Waals surface area contributed by atoms with Crippen molar-refractivity contribution < 1.29 is 18.0 Å². The Morgan fingerprint density at radius 1 is 1.19 bits per heavy atom. The summed E-state index contributed by atoms with van der Waals surface area (Å²) in [5.74, 6) is -0.453. The van der Waals surface area contributed by atoms with Crippen molar-refractivity contribution >= 4 is 33.3 Å². The number of nitrogens with one attached hydrogen (secondary N) is 2. The minimum atomic E-state index is -4.51. The first-order valence-corrected chi connectivity index (χ1v) is 10.6. The van der Waals surface area contributed by atoms with Crippen molar-refractivity contribution in [2.24, 2.45) is 0 Å². The molecular formula is C22H20BrF3N4O. The number of rotatable bonds is 4. The van der Waals surface area contributed by atoms with Crippen LogP contribution in [0.1, 0.15) is 47.0 Å². The van der Waals surface area contributed by atoms with E-state index in [1.54, 1.807) is 36.4 Å². The molecule has 1 aliphatic rings. The van der Waals surface area contributed by atoms with Crippen LogP contribution in [0, 0.1) is 0 Å². The van der Waals surface area contributed by atoms with Crippen molar-refractivity contribution in [3.05, 3.63) is 75.9 Å². The summed E-state index contributed by atoms with van der Waals surface area (Å²) in [5.41, 5.74) is 2.28. The second kappa shape index (κ2) is 8.37. The molecule has 5 nitrogen and oxygen atoms in total. The summed E-state index contributed by atoms with van der Waals surface area (Å²) in [7, 11) is 0. The lowest BCUT2D eigenvalue weighted by Gasteiger charge is -2.33. The Morgan fingerprint density at radius 2 is 1.87 bits per heavy atom. The number of amides is 1. The minimum Gasteiger partial charge on any atom is -0.362 e. The molecule has 0 aliphatic carbocycles. The molecule has 0 fully saturated rings. The fourth-order valence-electron chi connectivity index (χ4n) is 3.65. The maximum Gasteiger partial charge on any atom is 0.410 e. The molecule has 1 aromatic heterocycles. The van der Waals surface area contributed by atoms with Gasteiger partial charge in [-0.1, -0.05) is 49.4 Å². The number of anilines is 2. The fourth-order valence-corrected chi connectivity index (χ4v) is 4.21. The van der Waals surface area contributed by atoms with Crippen LogP contribution in [0.4, 0.5) is 24.7 Å². The SMILES string of the molecule is CCc1ccc(NC(=O)c2nn3c(c2Br)N[C@@H](c2ccccc2)C[C@H]3C(F)(F)F)cc1. The first-order chi connectivity index (χ1) is 14.8. The number of fused-ring (bicyclic) bond motifs is 1. The van der Waals surface area contributed by atoms with Gasteiger partial charge in [0.25, 0.3) is 5.91 Å². The third kappa shape index (κ3) is 4.32. The number of carbonyl (C=O) groups excluding carboxylic acids is 1. The van der Waals surface area contributed by atoms with Gasteiger partial charge in [-0.15, -0.1) is 0 Å². The number of benzene rings is 2. The van der Waals surface area contributed by atoms with E-state index in [4.69, 9.17) is 0 Å². The zero-order valence-electron chi connectivity index (χ0n) is 16.6. The number of aryl methyl sites for hydroxylation is 1. The number of aromatic nitrogens is 2. The van der Waals surface area contributed by atoms with E-state index in [2.05, 4.69) is 31.7 Å². The number of halogens is 4. The molecule has 2 atom stereocenters. The van der Waals surface area contributed by atoms with Crippen LogP contribution >= 0.6 is 15.9 Å². The van der Waals surface area contributed by atoms with E-state index in [-0.39, 0.29) is 22.4 Å². The Labute approximate surface area is 185 Å². The number of hydrogen-bond donors (Lipinski definition) is 2. The zero-order chi connectivity index (χ0) is 22.2. The topological polar surface area (TPSA) is 59.0 Å². The summed E-state index contributed by atoms with van der Waals surface area (Å²) in [6, 6.07) is 13.8. The first kappa shape index (κ1) is 21.4. The van der Waals surface area contributed by atoms with Crippen LogP contribution < -0.4 is 10.6 Å². The Hall–Kier alpha value is -2.81. The number of hydrogen-bond acceptors (Lipinski definition) is 3. The van der Waals surface area contributed by atoms with Gasteiger partial charge in [-0.25, -0.2) is 4.68 Å². The van der Waals surface area contributed by atoms with Gasteiger partial charge in [-0.3, -0.25) is 4.79 Å². The van der Waals surface area contributed by atoms with Crippen LogP contribution in [-0.2, 0) is 6.42 Å². The van der Waals surface area contributed by atoms with E-state index in [1.807, 2.05) is 25.1 Å². The summed E-state index contributed by atoms with van der Waals surface area (Å²) in [6.45, 7) is 2.02. The smallest absolute Gasteiger partial charge is 0.362 e. The van der Waals surface area contributed by atoms with Crippen LogP contribution in [0.5, 0.6) is 0 Å². The second-order valence-electron chi connectivity index (χ2n) is 7.36. The Bertz CT molecular complexity index is 1080. The van der Waals surface area contributed by atoms with Gasteiger partial charge in [-0.05, 0) is 45.6 Å². The number of alkyl halides is 3. The molecule has 1 amide bonds. The molecule has 0 unspecified atom stereocenters. The maximum absolute atomic E-state index is 13.9. The highest BCUT2D eigenvalue weighted by atomic mass is 79.9. The van der Waals surface area contributed by atoms with Crippen molar-refractivity contribution in [1.82, 2.24) is 9.78 Å². The summed E-state index contributed by atoms with van der Waals surface area (Å²) in [5, 5.41) is 9.84. The van der Waals surface area contributed by atoms with E-state index in [0.29, 0.717) is 5.69 Å². The quantitative estimate of drug-likeness (QED) is 0.461. The highest BCUT2D eigenvalue weighted by molar-refractivity contribution is 9.10. The maximum atomic E-state index is 13.9. The van der Waals surface area contributed by atoms with Gasteiger partial charge in [-0.2, -0.15) is 18.3 Å². The highest BCUT2D eigenvalue weighted by Crippen LogP contribution is 2.46. The van der Waals surface area contributed by atoms with E-state index < -0.39 is 24.2 Å². The standard InChI is InChI=1S/C22H20BrF3N4O/c1-2-13-8-10-15(11-9-13)27-21(31)19-18(23)20-28-16(14-6-4-3-5-7-14)12-17(22(24,25)26)30(20)29-19/h3-11,16-17,28H,2,12H2,1H3,(H,27,31)/t16-,17+/m1/s1. The van der Waals surface area contributed by atoms with Crippen molar-refractivity contribution in [3.8, 4) is 0 Å². The molecule has 3 aromatic rings. The molecule has 162 valence electrons. The van der Waals surface area contributed by atoms with Crippen molar-refractivity contribution in [2.75, 3.05) is 10.6 Å². The summed E-state index contributed by atoms with van der Waals surface area (Å²) in [6.07, 6.45) is -3.88. The molecule has 4 rings (SSSR count). The molecule has 0 saturated carbocycles. The molecule has 0 bridgehead atoms. The molecule has 0 saturated heterocycles. The van der Waals surface area contributed by atoms with Gasteiger partial charge in [0, 0.05) is 12.1 Å². The number of carbonyl (C=O) groups is 1. The van der Waals surface area contributed by atoms with Crippen LogP contribution in [0.15, 0.2) is 59.1 Å². The molecule has 9 heteroatoms. The Balaban J connectivity index is 1.67. The average Bonchev–Trinajstić information content (AvgIpc) is 3.10. The van der Waals surface area contributed by atoms with Crippen LogP contribution in [0.2, 0.25) is 0 Å². The normalized spacial score (nSPS) is 18.2. The Morgan fingerprint density at radius 3 is 2.48 bits per heavy atom. The Kier molecular flexibility index (Phi) is 5.79. The monoisotopic (exact) mass is 492 g/mol. The lowest BCUT2D eigenvalue weighted by atomic mass is 9.97. The fraction of sp³-hybridized carbons (Fsp3) is 0.273. The summed E-state index contributed by atoms with van der Waals surface area (Å²) >= 11 is 3.29. The molecule has 0 radical (unpaired) electrons. The van der Waals surface area contributed by atoms with E-state index in [1.165, 1.54) is 0 Å². The molecule has 31 heavy (non-hydrogen) atoms. The predicted octanol–water partition coefficient (Wildman–Crippen LogP) is 6.12. The molecule has 1 aliphatic heterocycles. The first-order valence-electron chi connectivity index (χ1n) is 9.84. The van der Waals surface area contributed by atoms with E-state index in [0.717, 1.165) is 22.2 Å². The third-order valence-electron chi connectivity index (χ3n) is 5.33. The molecular weight excluding hydrogens is 473 g/mol. The van der Waals surface area contributed by atoms with Crippen LogP contribution in [0.3, 0.4) is 0 Å². The molecule has 2 aromatic carbocycles. The third-order valence-corrected chi connectivity index (χ3v) is 6.08. The lowest BCUT2D eigenvalue weighted by Crippen LogP contribution is -2.35. The largest absolute Gasteiger partial charge is 0.410 e. The molecule has 2 N–H and O–H groups in total.